The molecule has 1 saturated heterocycles. The van der Waals surface area contributed by atoms with E-state index >= 15 is 0 Å². The number of aliphatic hydroxyl groups is 1. The molecule has 2 aliphatic carbocycles. The Bertz CT molecular complexity index is 723. The maximum Gasteiger partial charge on any atom is 0.239 e. The Morgan fingerprint density at radius 3 is 2.41 bits per heavy atom. The third kappa shape index (κ3) is 4.68. The SMILES string of the molecule is CC1CC(S(=O)(=O)N2CCC(CC3CC3)C(C)(O)CC2)=CC=C1C(C)(C)C. The van der Waals surface area contributed by atoms with Gasteiger partial charge in [0.1, 0.15) is 0 Å². The van der Waals surface area contributed by atoms with Crippen LogP contribution >= 0.6 is 0 Å². The van der Waals surface area contributed by atoms with Gasteiger partial charge in [0.2, 0.25) is 10.0 Å². The summed E-state index contributed by atoms with van der Waals surface area (Å²) in [6.07, 6.45) is 9.27. The standard InChI is InChI=1S/C22H37NO3S/c1-16-14-19(8-9-20(16)21(2,3)4)27(25,26)23-12-10-18(15-17-6-7-17)22(5,24)11-13-23/h8-9,16-18,24H,6-7,10-15H2,1-5H3. The van der Waals surface area contributed by atoms with Crippen molar-refractivity contribution < 1.29 is 13.5 Å². The molecule has 3 rings (SSSR count). The number of hydrogen-bond acceptors (Lipinski definition) is 3. The molecule has 0 bridgehead atoms. The van der Waals surface area contributed by atoms with Crippen molar-refractivity contribution >= 4 is 10.0 Å². The third-order valence-corrected chi connectivity index (χ3v) is 8.82. The molecule has 0 radical (unpaired) electrons. The molecule has 4 nitrogen and oxygen atoms in total. The molecular weight excluding hydrogens is 358 g/mol. The fraction of sp³-hybridized carbons (Fsp3) is 0.818. The molecule has 0 aromatic rings. The minimum absolute atomic E-state index is 0.0581. The first-order chi connectivity index (χ1) is 12.4. The van der Waals surface area contributed by atoms with Crippen LogP contribution in [0.5, 0.6) is 0 Å². The molecule has 1 aliphatic heterocycles. The lowest BCUT2D eigenvalue weighted by Crippen LogP contribution is -2.36. The second-order valence-electron chi connectivity index (χ2n) is 10.3. The molecule has 1 N–H and O–H groups in total. The minimum atomic E-state index is -3.46. The van der Waals surface area contributed by atoms with Gasteiger partial charge in [-0.25, -0.2) is 8.42 Å². The summed E-state index contributed by atoms with van der Waals surface area (Å²) in [5, 5.41) is 10.9. The summed E-state index contributed by atoms with van der Waals surface area (Å²) in [5.41, 5.74) is 0.605. The van der Waals surface area contributed by atoms with E-state index in [0.29, 0.717) is 30.8 Å². The predicted octanol–water partition coefficient (Wildman–Crippen LogP) is 4.48. The zero-order chi connectivity index (χ0) is 20.0. The van der Waals surface area contributed by atoms with Gasteiger partial charge in [0.25, 0.3) is 0 Å². The van der Waals surface area contributed by atoms with Gasteiger partial charge < -0.3 is 5.11 Å². The minimum Gasteiger partial charge on any atom is -0.390 e. The second-order valence-corrected chi connectivity index (χ2v) is 12.3. The van der Waals surface area contributed by atoms with Crippen molar-refractivity contribution in [3.63, 3.8) is 0 Å². The van der Waals surface area contributed by atoms with Crippen LogP contribution in [0.15, 0.2) is 22.6 Å². The van der Waals surface area contributed by atoms with E-state index in [2.05, 4.69) is 27.7 Å². The van der Waals surface area contributed by atoms with E-state index in [4.69, 9.17) is 0 Å². The van der Waals surface area contributed by atoms with Gasteiger partial charge >= 0.3 is 0 Å². The maximum absolute atomic E-state index is 13.3. The van der Waals surface area contributed by atoms with Gasteiger partial charge in [-0.3, -0.25) is 0 Å². The molecule has 3 aliphatic rings. The molecule has 1 heterocycles. The Morgan fingerprint density at radius 1 is 1.19 bits per heavy atom. The predicted molar refractivity (Wildman–Crippen MR) is 111 cm³/mol. The van der Waals surface area contributed by atoms with Gasteiger partial charge in [-0.1, -0.05) is 52.2 Å². The molecule has 154 valence electrons. The molecule has 0 aromatic heterocycles. The molecule has 0 aromatic carbocycles. The van der Waals surface area contributed by atoms with Crippen LogP contribution in [0.1, 0.15) is 73.1 Å². The van der Waals surface area contributed by atoms with Crippen LogP contribution in [0.3, 0.4) is 0 Å². The fourth-order valence-corrected chi connectivity index (χ4v) is 6.53. The second kappa shape index (κ2) is 7.31. The van der Waals surface area contributed by atoms with E-state index in [-0.39, 0.29) is 17.3 Å². The lowest BCUT2D eigenvalue weighted by molar-refractivity contribution is -0.00977. The Morgan fingerprint density at radius 2 is 1.85 bits per heavy atom. The molecular formula is C22H37NO3S. The van der Waals surface area contributed by atoms with Gasteiger partial charge in [-0.2, -0.15) is 4.31 Å². The Kier molecular flexibility index (Phi) is 5.70. The first kappa shape index (κ1) is 21.1. The highest BCUT2D eigenvalue weighted by Crippen LogP contribution is 2.43. The van der Waals surface area contributed by atoms with Crippen LogP contribution in [0.4, 0.5) is 0 Å². The summed E-state index contributed by atoms with van der Waals surface area (Å²) in [5.74, 6) is 1.18. The fourth-order valence-electron chi connectivity index (χ4n) is 4.82. The number of nitrogens with zero attached hydrogens (tertiary/aromatic N) is 1. The average Bonchev–Trinajstić information content (AvgIpc) is 3.36. The highest BCUT2D eigenvalue weighted by atomic mass is 32.2. The Balaban J connectivity index is 1.77. The smallest absolute Gasteiger partial charge is 0.239 e. The zero-order valence-corrected chi connectivity index (χ0v) is 18.5. The molecule has 1 saturated carbocycles. The molecule has 3 unspecified atom stereocenters. The van der Waals surface area contributed by atoms with Crippen LogP contribution in [-0.4, -0.2) is 36.5 Å². The van der Waals surface area contributed by atoms with Crippen molar-refractivity contribution in [2.24, 2.45) is 23.2 Å². The summed E-state index contributed by atoms with van der Waals surface area (Å²) < 4.78 is 28.2. The highest BCUT2D eigenvalue weighted by molar-refractivity contribution is 7.93. The normalized spacial score (nSPS) is 34.0. The molecule has 2 fully saturated rings. The van der Waals surface area contributed by atoms with E-state index in [1.54, 1.807) is 4.31 Å². The van der Waals surface area contributed by atoms with E-state index in [1.807, 2.05) is 19.1 Å². The molecule has 27 heavy (non-hydrogen) atoms. The summed E-state index contributed by atoms with van der Waals surface area (Å²) in [4.78, 5) is 0.531. The third-order valence-electron chi connectivity index (χ3n) is 6.81. The number of hydrogen-bond donors (Lipinski definition) is 1. The summed E-state index contributed by atoms with van der Waals surface area (Å²) in [6, 6.07) is 0. The lowest BCUT2D eigenvalue weighted by atomic mass is 9.76. The van der Waals surface area contributed by atoms with Crippen molar-refractivity contribution in [1.29, 1.82) is 0 Å². The van der Waals surface area contributed by atoms with Crippen LogP contribution in [0.25, 0.3) is 0 Å². The van der Waals surface area contributed by atoms with Gasteiger partial charge in [0, 0.05) is 13.1 Å². The van der Waals surface area contributed by atoms with Crippen LogP contribution in [-0.2, 0) is 10.0 Å². The van der Waals surface area contributed by atoms with E-state index in [0.717, 1.165) is 18.8 Å². The van der Waals surface area contributed by atoms with E-state index in [1.165, 1.54) is 18.4 Å². The van der Waals surface area contributed by atoms with Crippen molar-refractivity contribution in [3.8, 4) is 0 Å². The van der Waals surface area contributed by atoms with Gasteiger partial charge in [0.15, 0.2) is 0 Å². The van der Waals surface area contributed by atoms with Crippen molar-refractivity contribution in [2.45, 2.75) is 78.7 Å². The average molecular weight is 396 g/mol. The van der Waals surface area contributed by atoms with Crippen molar-refractivity contribution in [2.75, 3.05) is 13.1 Å². The molecule has 3 atom stereocenters. The van der Waals surface area contributed by atoms with Crippen molar-refractivity contribution in [1.82, 2.24) is 4.31 Å². The summed E-state index contributed by atoms with van der Waals surface area (Å²) in [7, 11) is -3.46. The zero-order valence-electron chi connectivity index (χ0n) is 17.7. The maximum atomic E-state index is 13.3. The molecule has 0 spiro atoms. The monoisotopic (exact) mass is 395 g/mol. The van der Waals surface area contributed by atoms with E-state index < -0.39 is 15.6 Å². The topological polar surface area (TPSA) is 57.6 Å². The first-order valence-corrected chi connectivity index (χ1v) is 12.0. The van der Waals surface area contributed by atoms with Crippen LogP contribution in [0, 0.1) is 23.2 Å². The number of allylic oxidation sites excluding steroid dienone is 4. The lowest BCUT2D eigenvalue weighted by Gasteiger charge is -2.32. The largest absolute Gasteiger partial charge is 0.390 e. The van der Waals surface area contributed by atoms with Gasteiger partial charge in [0.05, 0.1) is 10.5 Å². The number of rotatable bonds is 4. The van der Waals surface area contributed by atoms with Crippen LogP contribution in [0.2, 0.25) is 0 Å². The highest BCUT2D eigenvalue weighted by Gasteiger charge is 2.41. The quantitative estimate of drug-likeness (QED) is 0.764. The van der Waals surface area contributed by atoms with Crippen molar-refractivity contribution in [3.05, 3.63) is 22.6 Å². The Labute approximate surface area is 165 Å². The number of sulfonamides is 1. The van der Waals surface area contributed by atoms with Gasteiger partial charge in [-0.15, -0.1) is 0 Å². The van der Waals surface area contributed by atoms with Crippen LogP contribution < -0.4 is 0 Å². The van der Waals surface area contributed by atoms with Gasteiger partial charge in [-0.05, 0) is 61.9 Å². The van der Waals surface area contributed by atoms with E-state index in [9.17, 15) is 13.5 Å². The first-order valence-electron chi connectivity index (χ1n) is 10.5. The molecule has 0 amide bonds. The molecule has 5 heteroatoms. The Hall–Kier alpha value is -0.650. The summed E-state index contributed by atoms with van der Waals surface area (Å²) in [6.45, 7) is 11.5. The summed E-state index contributed by atoms with van der Waals surface area (Å²) >= 11 is 0.